The molecule has 5 nitrogen and oxygen atoms in total. The Morgan fingerprint density at radius 2 is 1.75 bits per heavy atom. The molecule has 0 atom stereocenters. The molecule has 4 rings (SSSR count). The van der Waals surface area contributed by atoms with Gasteiger partial charge < -0.3 is 15.5 Å². The van der Waals surface area contributed by atoms with Gasteiger partial charge in [0.1, 0.15) is 5.82 Å². The van der Waals surface area contributed by atoms with Crippen molar-refractivity contribution in [2.24, 2.45) is 0 Å². The summed E-state index contributed by atoms with van der Waals surface area (Å²) in [5, 5.41) is 6.77. The van der Waals surface area contributed by atoms with E-state index in [1.807, 2.05) is 13.0 Å². The van der Waals surface area contributed by atoms with Gasteiger partial charge in [-0.05, 0) is 63.3 Å². The summed E-state index contributed by atoms with van der Waals surface area (Å²) in [6.45, 7) is 4.35. The zero-order chi connectivity index (χ0) is 16.4. The van der Waals surface area contributed by atoms with Crippen molar-refractivity contribution in [2.45, 2.75) is 45.1 Å². The largest absolute Gasteiger partial charge is 0.372 e. The number of aromatic nitrogens is 2. The van der Waals surface area contributed by atoms with E-state index in [1.165, 1.54) is 50.9 Å². The lowest BCUT2D eigenvalue weighted by Gasteiger charge is -2.28. The molecular weight excluding hydrogens is 298 g/mol. The molecule has 2 aromatic rings. The summed E-state index contributed by atoms with van der Waals surface area (Å²) in [4.78, 5) is 11.5. The summed E-state index contributed by atoms with van der Waals surface area (Å²) < 4.78 is 0. The van der Waals surface area contributed by atoms with Gasteiger partial charge in [0.15, 0.2) is 0 Å². The van der Waals surface area contributed by atoms with E-state index in [-0.39, 0.29) is 0 Å². The Bertz CT molecular complexity index is 687. The Kier molecular flexibility index (Phi) is 4.24. The molecule has 2 heterocycles. The Labute approximate surface area is 143 Å². The first-order chi connectivity index (χ1) is 11.8. The third kappa shape index (κ3) is 3.78. The molecule has 126 valence electrons. The van der Waals surface area contributed by atoms with Gasteiger partial charge in [0.25, 0.3) is 0 Å². The van der Waals surface area contributed by atoms with E-state index >= 15 is 0 Å². The highest BCUT2D eigenvalue weighted by Gasteiger charge is 2.21. The maximum atomic E-state index is 4.58. The molecule has 24 heavy (non-hydrogen) atoms. The second-order valence-electron chi connectivity index (χ2n) is 6.86. The van der Waals surface area contributed by atoms with Crippen molar-refractivity contribution in [2.75, 3.05) is 28.6 Å². The number of nitrogens with zero attached hydrogens (tertiary/aromatic N) is 3. The molecule has 1 aromatic carbocycles. The van der Waals surface area contributed by atoms with Crippen molar-refractivity contribution >= 4 is 23.1 Å². The highest BCUT2D eigenvalue weighted by molar-refractivity contribution is 5.60. The average Bonchev–Trinajstić information content (AvgIpc) is 3.40. The second-order valence-corrected chi connectivity index (χ2v) is 6.86. The number of benzene rings is 1. The van der Waals surface area contributed by atoms with Gasteiger partial charge in [-0.3, -0.25) is 0 Å². The molecule has 5 heteroatoms. The standard InChI is InChI=1S/C19H25N5/c1-14-13-18(21-15-5-6-15)23-19(20-14)22-16-7-9-17(10-8-16)24-11-3-2-4-12-24/h7-10,13,15H,2-6,11-12H2,1H3,(H2,20,21,22,23). The minimum atomic E-state index is 0.593. The molecule has 2 aliphatic rings. The van der Waals surface area contributed by atoms with Crippen LogP contribution in [0.15, 0.2) is 30.3 Å². The molecule has 2 N–H and O–H groups in total. The molecule has 1 aromatic heterocycles. The maximum Gasteiger partial charge on any atom is 0.229 e. The van der Waals surface area contributed by atoms with E-state index in [0.29, 0.717) is 12.0 Å². The van der Waals surface area contributed by atoms with Crippen LogP contribution in [0.25, 0.3) is 0 Å². The first-order valence-electron chi connectivity index (χ1n) is 9.00. The number of hydrogen-bond acceptors (Lipinski definition) is 5. The SMILES string of the molecule is Cc1cc(NC2CC2)nc(Nc2ccc(N3CCCCC3)cc2)n1. The van der Waals surface area contributed by atoms with E-state index in [4.69, 9.17) is 0 Å². The van der Waals surface area contributed by atoms with E-state index in [2.05, 4.69) is 49.8 Å². The van der Waals surface area contributed by atoms with Gasteiger partial charge in [-0.15, -0.1) is 0 Å². The van der Waals surface area contributed by atoms with Crippen molar-refractivity contribution < 1.29 is 0 Å². The number of hydrogen-bond donors (Lipinski definition) is 2. The predicted molar refractivity (Wildman–Crippen MR) is 99.2 cm³/mol. The van der Waals surface area contributed by atoms with Crippen LogP contribution in [0.4, 0.5) is 23.1 Å². The molecule has 0 radical (unpaired) electrons. The predicted octanol–water partition coefficient (Wildman–Crippen LogP) is 4.09. The summed E-state index contributed by atoms with van der Waals surface area (Å²) in [6.07, 6.45) is 6.44. The summed E-state index contributed by atoms with van der Waals surface area (Å²) >= 11 is 0. The number of aryl methyl sites for hydroxylation is 1. The highest BCUT2D eigenvalue weighted by atomic mass is 15.2. The van der Waals surface area contributed by atoms with Crippen LogP contribution in [0.3, 0.4) is 0 Å². The molecule has 2 fully saturated rings. The van der Waals surface area contributed by atoms with Crippen LogP contribution in [-0.4, -0.2) is 29.1 Å². The van der Waals surface area contributed by atoms with Crippen LogP contribution in [0.2, 0.25) is 0 Å². The van der Waals surface area contributed by atoms with Crippen molar-refractivity contribution in [3.05, 3.63) is 36.0 Å². The van der Waals surface area contributed by atoms with Gasteiger partial charge in [-0.2, -0.15) is 4.98 Å². The topological polar surface area (TPSA) is 53.1 Å². The Hall–Kier alpha value is -2.30. The zero-order valence-electron chi connectivity index (χ0n) is 14.3. The van der Waals surface area contributed by atoms with Crippen LogP contribution in [0.1, 0.15) is 37.8 Å². The van der Waals surface area contributed by atoms with Gasteiger partial charge in [-0.1, -0.05) is 0 Å². The summed E-state index contributed by atoms with van der Waals surface area (Å²) in [5.74, 6) is 1.57. The van der Waals surface area contributed by atoms with E-state index in [9.17, 15) is 0 Å². The van der Waals surface area contributed by atoms with Crippen molar-refractivity contribution in [3.8, 4) is 0 Å². The molecule has 0 amide bonds. The fourth-order valence-electron chi connectivity index (χ4n) is 3.17. The quantitative estimate of drug-likeness (QED) is 0.868. The van der Waals surface area contributed by atoms with Crippen LogP contribution in [-0.2, 0) is 0 Å². The fourth-order valence-corrected chi connectivity index (χ4v) is 3.17. The normalized spacial score (nSPS) is 17.6. The number of rotatable bonds is 5. The van der Waals surface area contributed by atoms with Crippen molar-refractivity contribution in [1.82, 2.24) is 9.97 Å². The molecule has 1 saturated carbocycles. The molecule has 0 unspecified atom stereocenters. The Balaban J connectivity index is 1.45. The first kappa shape index (κ1) is 15.2. The average molecular weight is 323 g/mol. The zero-order valence-corrected chi connectivity index (χ0v) is 14.3. The summed E-state index contributed by atoms with van der Waals surface area (Å²) in [6, 6.07) is 11.2. The summed E-state index contributed by atoms with van der Waals surface area (Å²) in [5.41, 5.74) is 3.31. The van der Waals surface area contributed by atoms with E-state index in [1.54, 1.807) is 0 Å². The van der Waals surface area contributed by atoms with E-state index < -0.39 is 0 Å². The number of nitrogens with one attached hydrogen (secondary N) is 2. The number of anilines is 4. The lowest BCUT2D eigenvalue weighted by molar-refractivity contribution is 0.578. The fraction of sp³-hybridized carbons (Fsp3) is 0.474. The highest BCUT2D eigenvalue weighted by Crippen LogP contribution is 2.26. The Morgan fingerprint density at radius 3 is 2.46 bits per heavy atom. The molecule has 0 spiro atoms. The van der Waals surface area contributed by atoms with Crippen LogP contribution in [0.5, 0.6) is 0 Å². The van der Waals surface area contributed by atoms with Crippen LogP contribution < -0.4 is 15.5 Å². The lowest BCUT2D eigenvalue weighted by atomic mass is 10.1. The first-order valence-corrected chi connectivity index (χ1v) is 9.00. The van der Waals surface area contributed by atoms with Gasteiger partial charge in [0, 0.05) is 42.3 Å². The van der Waals surface area contributed by atoms with Gasteiger partial charge in [0.2, 0.25) is 5.95 Å². The van der Waals surface area contributed by atoms with Gasteiger partial charge in [-0.25, -0.2) is 4.98 Å². The number of piperidine rings is 1. The monoisotopic (exact) mass is 323 g/mol. The van der Waals surface area contributed by atoms with Gasteiger partial charge in [0.05, 0.1) is 0 Å². The third-order valence-corrected chi connectivity index (χ3v) is 4.63. The van der Waals surface area contributed by atoms with Gasteiger partial charge >= 0.3 is 0 Å². The molecular formula is C19H25N5. The third-order valence-electron chi connectivity index (χ3n) is 4.63. The van der Waals surface area contributed by atoms with Crippen LogP contribution in [0, 0.1) is 6.92 Å². The van der Waals surface area contributed by atoms with Crippen molar-refractivity contribution in [1.29, 1.82) is 0 Å². The minimum absolute atomic E-state index is 0.593. The van der Waals surface area contributed by atoms with Crippen molar-refractivity contribution in [3.63, 3.8) is 0 Å². The minimum Gasteiger partial charge on any atom is -0.372 e. The maximum absolute atomic E-state index is 4.58. The molecule has 1 saturated heterocycles. The molecule has 1 aliphatic heterocycles. The molecule has 1 aliphatic carbocycles. The van der Waals surface area contributed by atoms with E-state index in [0.717, 1.165) is 17.2 Å². The summed E-state index contributed by atoms with van der Waals surface area (Å²) in [7, 11) is 0. The smallest absolute Gasteiger partial charge is 0.229 e. The van der Waals surface area contributed by atoms with Crippen LogP contribution >= 0.6 is 0 Å². The Morgan fingerprint density at radius 1 is 1.00 bits per heavy atom. The molecule has 0 bridgehead atoms. The second kappa shape index (κ2) is 6.67. The lowest BCUT2D eigenvalue weighted by Crippen LogP contribution is -2.29.